The van der Waals surface area contributed by atoms with E-state index in [0.717, 1.165) is 53.7 Å². The number of unbranched alkanes of at least 4 members (excludes halogenated alkanes) is 1. The Balaban J connectivity index is 1.36. The standard InChI is InChI=1S/C37H43BN6O2/c1-35(2)36(3,4)46-38(45-35)25-15-14-24-33(34-41-42-43-44(34)28-29-17-16-26-39-27-29)40-37(30-18-8-5-9-19-30,31-20-10-6-11-21-31)32-22-12-7-13-23-32/h5-13,16-23,26-27,33,40H,14-15,24-25,28H2,1-4H3. The van der Waals surface area contributed by atoms with Crippen molar-refractivity contribution in [1.29, 1.82) is 0 Å². The molecule has 1 unspecified atom stereocenters. The summed E-state index contributed by atoms with van der Waals surface area (Å²) in [6, 6.07) is 35.8. The molecule has 46 heavy (non-hydrogen) atoms. The number of benzene rings is 3. The van der Waals surface area contributed by atoms with E-state index in [9.17, 15) is 0 Å². The van der Waals surface area contributed by atoms with Gasteiger partial charge < -0.3 is 9.31 Å². The van der Waals surface area contributed by atoms with Gasteiger partial charge >= 0.3 is 7.12 Å². The second kappa shape index (κ2) is 13.7. The highest BCUT2D eigenvalue weighted by molar-refractivity contribution is 6.45. The molecular weight excluding hydrogens is 571 g/mol. The van der Waals surface area contributed by atoms with E-state index >= 15 is 0 Å². The molecule has 0 aliphatic carbocycles. The van der Waals surface area contributed by atoms with Crippen LogP contribution in [-0.2, 0) is 21.4 Å². The molecule has 3 heterocycles. The number of aromatic nitrogens is 5. The number of nitrogens with one attached hydrogen (secondary N) is 1. The van der Waals surface area contributed by atoms with E-state index in [1.54, 1.807) is 6.20 Å². The molecule has 0 amide bonds. The number of hydrogen-bond acceptors (Lipinski definition) is 7. The zero-order valence-corrected chi connectivity index (χ0v) is 27.2. The first kappa shape index (κ1) is 31.8. The molecule has 236 valence electrons. The van der Waals surface area contributed by atoms with Crippen LogP contribution < -0.4 is 5.32 Å². The van der Waals surface area contributed by atoms with Gasteiger partial charge in [-0.05, 0) is 79.2 Å². The number of rotatable bonds is 13. The molecule has 0 radical (unpaired) electrons. The van der Waals surface area contributed by atoms with E-state index in [2.05, 4.69) is 145 Å². The molecule has 1 atom stereocenters. The third-order valence-electron chi connectivity index (χ3n) is 9.42. The van der Waals surface area contributed by atoms with Crippen molar-refractivity contribution in [2.75, 3.05) is 0 Å². The quantitative estimate of drug-likeness (QED) is 0.0868. The van der Waals surface area contributed by atoms with Crippen LogP contribution >= 0.6 is 0 Å². The summed E-state index contributed by atoms with van der Waals surface area (Å²) in [5.41, 5.74) is 3.11. The Morgan fingerprint density at radius 3 is 1.85 bits per heavy atom. The van der Waals surface area contributed by atoms with Gasteiger partial charge in [-0.2, -0.15) is 0 Å². The fourth-order valence-electron chi connectivity index (χ4n) is 6.32. The van der Waals surface area contributed by atoms with Gasteiger partial charge in [-0.1, -0.05) is 110 Å². The molecule has 3 aromatic carbocycles. The van der Waals surface area contributed by atoms with Crippen molar-refractivity contribution in [3.05, 3.63) is 144 Å². The second-order valence-electron chi connectivity index (χ2n) is 13.1. The van der Waals surface area contributed by atoms with E-state index in [0.29, 0.717) is 6.54 Å². The van der Waals surface area contributed by atoms with E-state index < -0.39 is 5.54 Å². The Morgan fingerprint density at radius 1 is 0.761 bits per heavy atom. The highest BCUT2D eigenvalue weighted by atomic mass is 16.7. The van der Waals surface area contributed by atoms with Gasteiger partial charge in [0.25, 0.3) is 0 Å². The Hall–Kier alpha value is -4.18. The molecular formula is C37H43BN6O2. The van der Waals surface area contributed by atoms with Crippen LogP contribution in [0.25, 0.3) is 0 Å². The second-order valence-corrected chi connectivity index (χ2v) is 13.1. The molecule has 1 saturated heterocycles. The minimum absolute atomic E-state index is 0.189. The first-order valence-electron chi connectivity index (χ1n) is 16.2. The van der Waals surface area contributed by atoms with Crippen LogP contribution in [0.2, 0.25) is 6.32 Å². The summed E-state index contributed by atoms with van der Waals surface area (Å²) >= 11 is 0. The molecule has 1 aliphatic heterocycles. The minimum atomic E-state index is -0.675. The maximum atomic E-state index is 6.30. The number of hydrogen-bond donors (Lipinski definition) is 1. The van der Waals surface area contributed by atoms with E-state index in [4.69, 9.17) is 9.31 Å². The smallest absolute Gasteiger partial charge is 0.403 e. The average Bonchev–Trinajstić information content (AvgIpc) is 3.62. The van der Waals surface area contributed by atoms with Crippen molar-refractivity contribution < 1.29 is 9.31 Å². The third-order valence-corrected chi connectivity index (χ3v) is 9.42. The van der Waals surface area contributed by atoms with Gasteiger partial charge in [-0.3, -0.25) is 10.3 Å². The molecule has 0 bridgehead atoms. The summed E-state index contributed by atoms with van der Waals surface area (Å²) < 4.78 is 14.5. The van der Waals surface area contributed by atoms with Crippen molar-refractivity contribution in [2.45, 2.75) is 82.6 Å². The zero-order valence-electron chi connectivity index (χ0n) is 27.2. The SMILES string of the molecule is CC1(C)OB(CCCCC(NC(c2ccccc2)(c2ccccc2)c2ccccc2)c2nnnn2Cc2cccnc2)OC1(C)C. The fourth-order valence-corrected chi connectivity index (χ4v) is 6.32. The normalized spacial score (nSPS) is 16.4. The maximum Gasteiger partial charge on any atom is 0.457 e. The Labute approximate surface area is 272 Å². The zero-order chi connectivity index (χ0) is 32.0. The predicted octanol–water partition coefficient (Wildman–Crippen LogP) is 7.00. The monoisotopic (exact) mass is 614 g/mol. The largest absolute Gasteiger partial charge is 0.457 e. The number of pyridine rings is 1. The van der Waals surface area contributed by atoms with E-state index in [-0.39, 0.29) is 24.4 Å². The summed E-state index contributed by atoms with van der Waals surface area (Å²) in [6.45, 7) is 8.94. The summed E-state index contributed by atoms with van der Waals surface area (Å²) in [7, 11) is -0.218. The van der Waals surface area contributed by atoms with Crippen LogP contribution in [0, 0.1) is 0 Å². The van der Waals surface area contributed by atoms with Gasteiger partial charge in [0.2, 0.25) is 0 Å². The highest BCUT2D eigenvalue weighted by Crippen LogP contribution is 2.41. The highest BCUT2D eigenvalue weighted by Gasteiger charge is 2.50. The van der Waals surface area contributed by atoms with Gasteiger partial charge in [0, 0.05) is 12.4 Å². The molecule has 5 aromatic rings. The lowest BCUT2D eigenvalue weighted by molar-refractivity contribution is 0.00578. The lowest BCUT2D eigenvalue weighted by Gasteiger charge is -2.40. The van der Waals surface area contributed by atoms with Crippen LogP contribution in [0.1, 0.15) is 81.1 Å². The van der Waals surface area contributed by atoms with Gasteiger partial charge in [0.15, 0.2) is 5.82 Å². The lowest BCUT2D eigenvalue weighted by Crippen LogP contribution is -2.47. The van der Waals surface area contributed by atoms with Gasteiger partial charge in [0.05, 0.1) is 29.3 Å². The van der Waals surface area contributed by atoms with Crippen molar-refractivity contribution >= 4 is 7.12 Å². The number of tetrazole rings is 1. The van der Waals surface area contributed by atoms with Crippen molar-refractivity contribution in [3.8, 4) is 0 Å². The van der Waals surface area contributed by atoms with Gasteiger partial charge in [0.1, 0.15) is 0 Å². The first-order valence-corrected chi connectivity index (χ1v) is 16.2. The molecule has 8 nitrogen and oxygen atoms in total. The summed E-state index contributed by atoms with van der Waals surface area (Å²) in [4.78, 5) is 4.32. The lowest BCUT2D eigenvalue weighted by atomic mass is 9.76. The average molecular weight is 615 g/mol. The summed E-state index contributed by atoms with van der Waals surface area (Å²) in [6.07, 6.45) is 7.13. The first-order chi connectivity index (χ1) is 22.3. The molecule has 2 aromatic heterocycles. The molecule has 1 N–H and O–H groups in total. The van der Waals surface area contributed by atoms with Crippen LogP contribution in [0.4, 0.5) is 0 Å². The minimum Gasteiger partial charge on any atom is -0.403 e. The number of nitrogens with zero attached hydrogens (tertiary/aromatic N) is 5. The van der Waals surface area contributed by atoms with Crippen molar-refractivity contribution in [3.63, 3.8) is 0 Å². The van der Waals surface area contributed by atoms with Crippen LogP contribution in [0.3, 0.4) is 0 Å². The maximum absolute atomic E-state index is 6.30. The van der Waals surface area contributed by atoms with Crippen molar-refractivity contribution in [1.82, 2.24) is 30.5 Å². The summed E-state index contributed by atoms with van der Waals surface area (Å²) in [5.74, 6) is 0.784. The van der Waals surface area contributed by atoms with Crippen LogP contribution in [-0.4, -0.2) is 43.5 Å². The van der Waals surface area contributed by atoms with Gasteiger partial charge in [-0.15, -0.1) is 5.10 Å². The molecule has 9 heteroatoms. The fraction of sp³-hybridized carbons (Fsp3) is 0.351. The molecule has 0 spiro atoms. The van der Waals surface area contributed by atoms with E-state index in [1.165, 1.54) is 0 Å². The molecule has 6 rings (SSSR count). The molecule has 1 fully saturated rings. The molecule has 1 aliphatic rings. The third kappa shape index (κ3) is 6.68. The molecule has 0 saturated carbocycles. The van der Waals surface area contributed by atoms with Crippen LogP contribution in [0.5, 0.6) is 0 Å². The van der Waals surface area contributed by atoms with Crippen molar-refractivity contribution in [2.24, 2.45) is 0 Å². The topological polar surface area (TPSA) is 87.0 Å². The van der Waals surface area contributed by atoms with Gasteiger partial charge in [-0.25, -0.2) is 4.68 Å². The van der Waals surface area contributed by atoms with E-state index in [1.807, 2.05) is 23.0 Å². The Bertz CT molecular complexity index is 1550. The Morgan fingerprint density at radius 2 is 1.33 bits per heavy atom. The Kier molecular flexibility index (Phi) is 9.45. The predicted molar refractivity (Wildman–Crippen MR) is 181 cm³/mol. The van der Waals surface area contributed by atoms with Crippen LogP contribution in [0.15, 0.2) is 116 Å². The summed E-state index contributed by atoms with van der Waals surface area (Å²) in [5, 5.41) is 17.4.